The van der Waals surface area contributed by atoms with Gasteiger partial charge in [-0.25, -0.2) is 0 Å². The molecule has 0 aromatic carbocycles. The van der Waals surface area contributed by atoms with Crippen LogP contribution in [-0.2, 0) is 4.79 Å². The van der Waals surface area contributed by atoms with E-state index >= 15 is 0 Å². The maximum atomic E-state index is 12.4. The zero-order chi connectivity index (χ0) is 14.1. The second kappa shape index (κ2) is 9.34. The zero-order valence-electron chi connectivity index (χ0n) is 12.8. The predicted octanol–water partition coefficient (Wildman–Crippen LogP) is 1.41. The average Bonchev–Trinajstić information content (AvgIpc) is 2.30. The van der Waals surface area contributed by atoms with Gasteiger partial charge in [-0.05, 0) is 26.4 Å². The van der Waals surface area contributed by atoms with E-state index in [9.17, 15) is 4.79 Å². The first-order valence-corrected chi connectivity index (χ1v) is 7.05. The lowest BCUT2D eigenvalue weighted by Crippen LogP contribution is -2.44. The van der Waals surface area contributed by atoms with Crippen molar-refractivity contribution >= 4 is 5.91 Å². The average molecular weight is 257 g/mol. The molecule has 0 aliphatic rings. The summed E-state index contributed by atoms with van der Waals surface area (Å²) >= 11 is 0. The van der Waals surface area contributed by atoms with Crippen molar-refractivity contribution in [3.8, 4) is 0 Å². The standard InChI is InChI=1S/C14H31N3O/c1-6-7-13(10-15)14(18)17(11-12(2)3)9-8-16(4)5/h12-13H,6-11,15H2,1-5H3. The fraction of sp³-hybridized carbons (Fsp3) is 0.929. The van der Waals surface area contributed by atoms with Gasteiger partial charge in [0.15, 0.2) is 0 Å². The van der Waals surface area contributed by atoms with Crippen LogP contribution < -0.4 is 5.73 Å². The van der Waals surface area contributed by atoms with E-state index in [0.717, 1.165) is 32.5 Å². The van der Waals surface area contributed by atoms with Crippen molar-refractivity contribution in [3.05, 3.63) is 0 Å². The van der Waals surface area contributed by atoms with Crippen molar-refractivity contribution in [1.29, 1.82) is 0 Å². The molecule has 0 aliphatic heterocycles. The SMILES string of the molecule is CCCC(CN)C(=O)N(CCN(C)C)CC(C)C. The number of likely N-dealkylation sites (N-methyl/N-ethyl adjacent to an activating group) is 1. The van der Waals surface area contributed by atoms with Crippen LogP contribution in [-0.4, -0.2) is 56.0 Å². The topological polar surface area (TPSA) is 49.6 Å². The Balaban J connectivity index is 4.55. The number of rotatable bonds is 9. The zero-order valence-corrected chi connectivity index (χ0v) is 12.8. The van der Waals surface area contributed by atoms with Crippen LogP contribution in [0, 0.1) is 11.8 Å². The van der Waals surface area contributed by atoms with Crippen molar-refractivity contribution in [2.24, 2.45) is 17.6 Å². The molecule has 0 heterocycles. The van der Waals surface area contributed by atoms with Gasteiger partial charge in [0.05, 0.1) is 5.92 Å². The van der Waals surface area contributed by atoms with Gasteiger partial charge in [0.25, 0.3) is 0 Å². The Morgan fingerprint density at radius 1 is 1.22 bits per heavy atom. The van der Waals surface area contributed by atoms with E-state index in [1.165, 1.54) is 0 Å². The summed E-state index contributed by atoms with van der Waals surface area (Å²) in [5.41, 5.74) is 5.73. The van der Waals surface area contributed by atoms with Gasteiger partial charge in [-0.2, -0.15) is 0 Å². The van der Waals surface area contributed by atoms with Gasteiger partial charge in [-0.1, -0.05) is 27.2 Å². The lowest BCUT2D eigenvalue weighted by molar-refractivity contribution is -0.136. The molecule has 4 nitrogen and oxygen atoms in total. The third-order valence-electron chi connectivity index (χ3n) is 2.99. The van der Waals surface area contributed by atoms with Crippen molar-refractivity contribution < 1.29 is 4.79 Å². The molecule has 0 rings (SSSR count). The van der Waals surface area contributed by atoms with Crippen molar-refractivity contribution in [2.75, 3.05) is 40.3 Å². The highest BCUT2D eigenvalue weighted by molar-refractivity contribution is 5.79. The van der Waals surface area contributed by atoms with Gasteiger partial charge >= 0.3 is 0 Å². The Hall–Kier alpha value is -0.610. The summed E-state index contributed by atoms with van der Waals surface area (Å²) in [4.78, 5) is 16.5. The summed E-state index contributed by atoms with van der Waals surface area (Å²) in [6.07, 6.45) is 1.91. The molecule has 0 aromatic heterocycles. The molecule has 4 heteroatoms. The highest BCUT2D eigenvalue weighted by Crippen LogP contribution is 2.11. The minimum atomic E-state index is -0.00378. The molecule has 0 saturated carbocycles. The molecule has 1 atom stereocenters. The Morgan fingerprint density at radius 2 is 1.83 bits per heavy atom. The second-order valence-corrected chi connectivity index (χ2v) is 5.70. The normalized spacial score (nSPS) is 13.1. The van der Waals surface area contributed by atoms with Crippen LogP contribution >= 0.6 is 0 Å². The fourth-order valence-electron chi connectivity index (χ4n) is 2.00. The summed E-state index contributed by atoms with van der Waals surface area (Å²) in [7, 11) is 4.06. The Morgan fingerprint density at radius 3 is 2.22 bits per heavy atom. The van der Waals surface area contributed by atoms with Crippen LogP contribution in [0.5, 0.6) is 0 Å². The first-order valence-electron chi connectivity index (χ1n) is 7.05. The van der Waals surface area contributed by atoms with E-state index in [2.05, 4.69) is 25.7 Å². The third kappa shape index (κ3) is 6.97. The van der Waals surface area contributed by atoms with E-state index in [1.807, 2.05) is 19.0 Å². The van der Waals surface area contributed by atoms with Crippen LogP contribution in [0.1, 0.15) is 33.6 Å². The molecule has 0 fully saturated rings. The molecule has 0 aromatic rings. The first kappa shape index (κ1) is 17.4. The minimum Gasteiger partial charge on any atom is -0.341 e. The summed E-state index contributed by atoms with van der Waals surface area (Å²) in [5.74, 6) is 0.724. The van der Waals surface area contributed by atoms with Gasteiger partial charge in [0, 0.05) is 26.2 Å². The van der Waals surface area contributed by atoms with E-state index < -0.39 is 0 Å². The van der Waals surface area contributed by atoms with Crippen LogP contribution in [0.4, 0.5) is 0 Å². The molecular weight excluding hydrogens is 226 g/mol. The first-order chi connectivity index (χ1) is 8.42. The van der Waals surface area contributed by atoms with Gasteiger partial charge in [0.1, 0.15) is 0 Å². The molecule has 1 unspecified atom stereocenters. The Kier molecular flexibility index (Phi) is 9.02. The van der Waals surface area contributed by atoms with Crippen LogP contribution in [0.3, 0.4) is 0 Å². The smallest absolute Gasteiger partial charge is 0.227 e. The van der Waals surface area contributed by atoms with E-state index in [-0.39, 0.29) is 11.8 Å². The lowest BCUT2D eigenvalue weighted by atomic mass is 10.0. The number of carbonyl (C=O) groups is 1. The fourth-order valence-corrected chi connectivity index (χ4v) is 2.00. The third-order valence-corrected chi connectivity index (χ3v) is 2.99. The van der Waals surface area contributed by atoms with Crippen LogP contribution in [0.2, 0.25) is 0 Å². The molecule has 0 saturated heterocycles. The lowest BCUT2D eigenvalue weighted by Gasteiger charge is -2.29. The molecular formula is C14H31N3O. The Bertz CT molecular complexity index is 229. The van der Waals surface area contributed by atoms with E-state index in [1.54, 1.807) is 0 Å². The second-order valence-electron chi connectivity index (χ2n) is 5.70. The Labute approximate surface area is 113 Å². The summed E-state index contributed by atoms with van der Waals surface area (Å²) in [6, 6.07) is 0. The molecule has 0 bridgehead atoms. The summed E-state index contributed by atoms with van der Waals surface area (Å²) < 4.78 is 0. The van der Waals surface area contributed by atoms with Crippen LogP contribution in [0.15, 0.2) is 0 Å². The number of nitrogens with two attached hydrogens (primary N) is 1. The number of hydrogen-bond acceptors (Lipinski definition) is 3. The van der Waals surface area contributed by atoms with Gasteiger partial charge < -0.3 is 15.5 Å². The highest BCUT2D eigenvalue weighted by atomic mass is 16.2. The molecule has 108 valence electrons. The predicted molar refractivity (Wildman–Crippen MR) is 77.4 cm³/mol. The molecule has 18 heavy (non-hydrogen) atoms. The summed E-state index contributed by atoms with van der Waals surface area (Å²) in [5, 5.41) is 0. The molecule has 1 amide bonds. The highest BCUT2D eigenvalue weighted by Gasteiger charge is 2.22. The maximum absolute atomic E-state index is 12.4. The minimum absolute atomic E-state index is 0.00378. The van der Waals surface area contributed by atoms with Crippen molar-refractivity contribution in [3.63, 3.8) is 0 Å². The van der Waals surface area contributed by atoms with Gasteiger partial charge in [-0.15, -0.1) is 0 Å². The van der Waals surface area contributed by atoms with Crippen molar-refractivity contribution in [1.82, 2.24) is 9.80 Å². The quantitative estimate of drug-likeness (QED) is 0.679. The van der Waals surface area contributed by atoms with Crippen LogP contribution in [0.25, 0.3) is 0 Å². The van der Waals surface area contributed by atoms with Crippen molar-refractivity contribution in [2.45, 2.75) is 33.6 Å². The number of hydrogen-bond donors (Lipinski definition) is 1. The molecule has 0 spiro atoms. The molecule has 0 radical (unpaired) electrons. The number of amides is 1. The van der Waals surface area contributed by atoms with E-state index in [0.29, 0.717) is 12.5 Å². The van der Waals surface area contributed by atoms with Gasteiger partial charge in [-0.3, -0.25) is 4.79 Å². The largest absolute Gasteiger partial charge is 0.341 e. The van der Waals surface area contributed by atoms with E-state index in [4.69, 9.17) is 5.73 Å². The number of nitrogens with zero attached hydrogens (tertiary/aromatic N) is 2. The summed E-state index contributed by atoms with van der Waals surface area (Å²) in [6.45, 7) is 9.38. The number of carbonyl (C=O) groups excluding carboxylic acids is 1. The monoisotopic (exact) mass is 257 g/mol. The molecule has 0 aliphatic carbocycles. The maximum Gasteiger partial charge on any atom is 0.227 e. The molecule has 2 N–H and O–H groups in total. The van der Waals surface area contributed by atoms with Gasteiger partial charge in [0.2, 0.25) is 5.91 Å².